The predicted octanol–water partition coefficient (Wildman–Crippen LogP) is 4.98. The lowest BCUT2D eigenvalue weighted by molar-refractivity contribution is -0.118. The van der Waals surface area contributed by atoms with Crippen molar-refractivity contribution >= 4 is 34.9 Å². The van der Waals surface area contributed by atoms with Crippen LogP contribution in [0.25, 0.3) is 0 Å². The molecule has 0 bridgehead atoms. The van der Waals surface area contributed by atoms with E-state index in [-0.39, 0.29) is 23.1 Å². The van der Waals surface area contributed by atoms with Crippen LogP contribution < -0.4 is 15.4 Å². The quantitative estimate of drug-likeness (QED) is 0.475. The van der Waals surface area contributed by atoms with E-state index in [9.17, 15) is 9.59 Å². The van der Waals surface area contributed by atoms with Gasteiger partial charge in [-0.3, -0.25) is 4.79 Å². The number of carboxylic acid groups (broad SMARTS) is 1. The first-order valence-electron chi connectivity index (χ1n) is 9.26. The molecule has 1 amide bonds. The lowest BCUT2D eigenvalue weighted by Crippen LogP contribution is -2.20. The smallest absolute Gasteiger partial charge is 0.337 e. The van der Waals surface area contributed by atoms with Crippen molar-refractivity contribution in [3.8, 4) is 5.75 Å². The van der Waals surface area contributed by atoms with E-state index in [1.165, 1.54) is 6.07 Å². The van der Waals surface area contributed by atoms with Gasteiger partial charge in [0.05, 0.1) is 10.6 Å². The Balaban J connectivity index is 1.49. The molecular formula is C23H21ClN2O4. The van der Waals surface area contributed by atoms with E-state index >= 15 is 0 Å². The Bertz CT molecular complexity index is 1030. The maximum Gasteiger partial charge on any atom is 0.337 e. The predicted molar refractivity (Wildman–Crippen MR) is 117 cm³/mol. The van der Waals surface area contributed by atoms with Gasteiger partial charge in [0.1, 0.15) is 5.75 Å². The van der Waals surface area contributed by atoms with Crippen molar-refractivity contribution in [3.05, 3.63) is 88.4 Å². The minimum atomic E-state index is -1.07. The van der Waals surface area contributed by atoms with Gasteiger partial charge in [0.25, 0.3) is 5.91 Å². The van der Waals surface area contributed by atoms with E-state index in [2.05, 4.69) is 10.6 Å². The summed E-state index contributed by atoms with van der Waals surface area (Å²) in [4.78, 5) is 23.2. The number of nitrogens with one attached hydrogen (secondary N) is 2. The summed E-state index contributed by atoms with van der Waals surface area (Å²) in [5.74, 6) is -0.726. The number of anilines is 2. The molecule has 0 atom stereocenters. The lowest BCUT2D eigenvalue weighted by Gasteiger charge is -2.10. The summed E-state index contributed by atoms with van der Waals surface area (Å²) in [7, 11) is 0. The summed E-state index contributed by atoms with van der Waals surface area (Å²) in [6, 6.07) is 19.6. The molecule has 0 aliphatic rings. The number of hydrogen-bond donors (Lipinski definition) is 3. The van der Waals surface area contributed by atoms with Crippen molar-refractivity contribution in [2.45, 2.75) is 13.5 Å². The summed E-state index contributed by atoms with van der Waals surface area (Å²) < 4.78 is 5.52. The minimum Gasteiger partial charge on any atom is -0.484 e. The fourth-order valence-corrected chi connectivity index (χ4v) is 2.89. The van der Waals surface area contributed by atoms with Crippen LogP contribution in [0.4, 0.5) is 11.4 Å². The molecule has 154 valence electrons. The number of hydrogen-bond acceptors (Lipinski definition) is 4. The fourth-order valence-electron chi connectivity index (χ4n) is 2.69. The Morgan fingerprint density at radius 3 is 2.30 bits per heavy atom. The van der Waals surface area contributed by atoms with E-state index in [0.29, 0.717) is 18.0 Å². The second kappa shape index (κ2) is 9.80. The van der Waals surface area contributed by atoms with Gasteiger partial charge >= 0.3 is 5.97 Å². The zero-order valence-corrected chi connectivity index (χ0v) is 17.1. The molecule has 0 spiro atoms. The number of carbonyl (C=O) groups is 2. The summed E-state index contributed by atoms with van der Waals surface area (Å²) in [5.41, 5.74) is 3.53. The third kappa shape index (κ3) is 5.99. The van der Waals surface area contributed by atoms with Crippen LogP contribution in [0.2, 0.25) is 5.02 Å². The average Bonchev–Trinajstić information content (AvgIpc) is 2.74. The van der Waals surface area contributed by atoms with Gasteiger partial charge in [-0.15, -0.1) is 0 Å². The van der Waals surface area contributed by atoms with Crippen molar-refractivity contribution < 1.29 is 19.4 Å². The maximum absolute atomic E-state index is 12.0. The molecule has 6 nitrogen and oxygen atoms in total. The van der Waals surface area contributed by atoms with Crippen molar-refractivity contribution in [1.29, 1.82) is 0 Å². The van der Waals surface area contributed by atoms with E-state index in [1.54, 1.807) is 24.3 Å². The van der Waals surface area contributed by atoms with Gasteiger partial charge < -0.3 is 20.5 Å². The highest BCUT2D eigenvalue weighted by molar-refractivity contribution is 6.33. The molecule has 3 N–H and O–H groups in total. The summed E-state index contributed by atoms with van der Waals surface area (Å²) >= 11 is 5.88. The largest absolute Gasteiger partial charge is 0.484 e. The highest BCUT2D eigenvalue weighted by Crippen LogP contribution is 2.21. The van der Waals surface area contributed by atoms with Crippen LogP contribution in [0.15, 0.2) is 66.7 Å². The first-order valence-corrected chi connectivity index (χ1v) is 9.63. The van der Waals surface area contributed by atoms with Crippen molar-refractivity contribution in [1.82, 2.24) is 0 Å². The molecule has 0 heterocycles. The summed E-state index contributed by atoms with van der Waals surface area (Å²) in [5, 5.41) is 15.3. The SMILES string of the molecule is Cc1ccc(NC(=O)COc2ccc(CNc3ccc(Cl)c(C(=O)O)c3)cc2)cc1. The first kappa shape index (κ1) is 21.2. The van der Waals surface area contributed by atoms with Gasteiger partial charge in [-0.25, -0.2) is 4.79 Å². The number of benzene rings is 3. The highest BCUT2D eigenvalue weighted by atomic mass is 35.5. The van der Waals surface area contributed by atoms with Gasteiger partial charge in [0.2, 0.25) is 0 Å². The Morgan fingerprint density at radius 1 is 0.967 bits per heavy atom. The van der Waals surface area contributed by atoms with Gasteiger partial charge in [0, 0.05) is 17.9 Å². The molecule has 0 aliphatic carbocycles. The third-order valence-corrected chi connectivity index (χ3v) is 4.65. The Morgan fingerprint density at radius 2 is 1.63 bits per heavy atom. The molecular weight excluding hydrogens is 404 g/mol. The highest BCUT2D eigenvalue weighted by Gasteiger charge is 2.09. The number of amides is 1. The first-order chi connectivity index (χ1) is 14.4. The van der Waals surface area contributed by atoms with E-state index in [4.69, 9.17) is 21.4 Å². The zero-order valence-electron chi connectivity index (χ0n) is 16.3. The monoisotopic (exact) mass is 424 g/mol. The van der Waals surface area contributed by atoms with Gasteiger partial charge in [0.15, 0.2) is 6.61 Å². The maximum atomic E-state index is 12.0. The zero-order chi connectivity index (χ0) is 21.5. The molecule has 7 heteroatoms. The number of rotatable bonds is 8. The van der Waals surface area contributed by atoms with Crippen LogP contribution in [0.1, 0.15) is 21.5 Å². The van der Waals surface area contributed by atoms with Crippen molar-refractivity contribution in [2.75, 3.05) is 17.2 Å². The molecule has 30 heavy (non-hydrogen) atoms. The molecule has 0 unspecified atom stereocenters. The van der Waals surface area contributed by atoms with E-state index in [0.717, 1.165) is 16.8 Å². The molecule has 0 fully saturated rings. The molecule has 0 aliphatic heterocycles. The number of aromatic carboxylic acids is 1. The molecule has 0 radical (unpaired) electrons. The fraction of sp³-hybridized carbons (Fsp3) is 0.130. The van der Waals surface area contributed by atoms with Crippen LogP contribution in [0.3, 0.4) is 0 Å². The molecule has 0 saturated carbocycles. The molecule has 3 aromatic carbocycles. The standard InChI is InChI=1S/C23H21ClN2O4/c1-15-2-6-17(7-3-15)26-22(27)14-30-19-9-4-16(5-10-19)13-25-18-8-11-21(24)20(12-18)23(28)29/h2-12,25H,13-14H2,1H3,(H,26,27)(H,28,29). The normalized spacial score (nSPS) is 10.3. The number of aryl methyl sites for hydroxylation is 1. The van der Waals surface area contributed by atoms with E-state index < -0.39 is 5.97 Å². The van der Waals surface area contributed by atoms with Crippen molar-refractivity contribution in [3.63, 3.8) is 0 Å². The average molecular weight is 425 g/mol. The second-order valence-electron chi connectivity index (χ2n) is 6.70. The molecule has 0 saturated heterocycles. The second-order valence-corrected chi connectivity index (χ2v) is 7.11. The van der Waals surface area contributed by atoms with E-state index in [1.807, 2.05) is 43.3 Å². The van der Waals surface area contributed by atoms with Crippen LogP contribution in [-0.2, 0) is 11.3 Å². The van der Waals surface area contributed by atoms with Gasteiger partial charge in [-0.2, -0.15) is 0 Å². The minimum absolute atomic E-state index is 0.0503. The number of carboxylic acids is 1. The van der Waals surface area contributed by atoms with Crippen molar-refractivity contribution in [2.24, 2.45) is 0 Å². The van der Waals surface area contributed by atoms with Gasteiger partial charge in [-0.05, 0) is 55.0 Å². The number of carbonyl (C=O) groups excluding carboxylic acids is 1. The molecule has 3 aromatic rings. The van der Waals surface area contributed by atoms with Gasteiger partial charge in [-0.1, -0.05) is 41.4 Å². The molecule has 0 aromatic heterocycles. The topological polar surface area (TPSA) is 87.7 Å². The molecule has 3 rings (SSSR count). The Labute approximate surface area is 179 Å². The Hall–Kier alpha value is -3.51. The van der Waals surface area contributed by atoms with Crippen LogP contribution in [-0.4, -0.2) is 23.6 Å². The number of ether oxygens (including phenoxy) is 1. The Kier molecular flexibility index (Phi) is 6.93. The number of halogens is 1. The summed E-state index contributed by atoms with van der Waals surface area (Å²) in [6.45, 7) is 2.39. The van der Waals surface area contributed by atoms with Crippen LogP contribution >= 0.6 is 11.6 Å². The lowest BCUT2D eigenvalue weighted by atomic mass is 10.2. The van der Waals surface area contributed by atoms with Crippen LogP contribution in [0, 0.1) is 6.92 Å². The summed E-state index contributed by atoms with van der Waals surface area (Å²) in [6.07, 6.45) is 0. The third-order valence-electron chi connectivity index (χ3n) is 4.32. The van der Waals surface area contributed by atoms with Crippen LogP contribution in [0.5, 0.6) is 5.75 Å².